The number of carboxylic acids is 1. The zero-order valence-electron chi connectivity index (χ0n) is 10.8. The number of Topliss-reactive ketones (excluding diaryl/α,β-unsaturated/α-hetero) is 1. The van der Waals surface area contributed by atoms with Crippen molar-refractivity contribution in [2.75, 3.05) is 0 Å². The molecule has 1 heterocycles. The first-order chi connectivity index (χ1) is 8.65. The van der Waals surface area contributed by atoms with E-state index in [9.17, 15) is 9.59 Å². The van der Waals surface area contributed by atoms with E-state index in [1.54, 1.807) is 0 Å². The molecule has 0 bridgehead atoms. The van der Waals surface area contributed by atoms with Gasteiger partial charge in [0.1, 0.15) is 0 Å². The highest BCUT2D eigenvalue weighted by Gasteiger charge is 2.14. The standard InChI is InChI=1S/C14H20O4/c1-2-3-4-5-6-7-8-11(15)12-9-10-13(18-12)14(16)17/h9-10H,2-8H2,1H3,(H,16,17). The second-order valence-corrected chi connectivity index (χ2v) is 4.41. The molecule has 1 N–H and O–H groups in total. The van der Waals surface area contributed by atoms with E-state index in [2.05, 4.69) is 6.92 Å². The molecule has 4 heteroatoms. The third kappa shape index (κ3) is 4.73. The van der Waals surface area contributed by atoms with Gasteiger partial charge in [0.05, 0.1) is 0 Å². The predicted octanol–water partition coefficient (Wildman–Crippen LogP) is 3.91. The normalized spacial score (nSPS) is 10.5. The van der Waals surface area contributed by atoms with Gasteiger partial charge >= 0.3 is 5.97 Å². The van der Waals surface area contributed by atoms with Gasteiger partial charge in [-0.1, -0.05) is 39.0 Å². The van der Waals surface area contributed by atoms with Crippen LogP contribution in [-0.4, -0.2) is 16.9 Å². The van der Waals surface area contributed by atoms with Crippen LogP contribution in [0.25, 0.3) is 0 Å². The Labute approximate surface area is 107 Å². The molecule has 0 amide bonds. The first-order valence-corrected chi connectivity index (χ1v) is 6.51. The lowest BCUT2D eigenvalue weighted by Gasteiger charge is -1.99. The van der Waals surface area contributed by atoms with Crippen molar-refractivity contribution in [1.82, 2.24) is 0 Å². The summed E-state index contributed by atoms with van der Waals surface area (Å²) in [7, 11) is 0. The van der Waals surface area contributed by atoms with Gasteiger partial charge in [-0.3, -0.25) is 4.79 Å². The van der Waals surface area contributed by atoms with Gasteiger partial charge in [0.2, 0.25) is 5.76 Å². The molecule has 1 aromatic rings. The predicted molar refractivity (Wildman–Crippen MR) is 68.0 cm³/mol. The van der Waals surface area contributed by atoms with Crippen LogP contribution in [0.3, 0.4) is 0 Å². The molecule has 0 spiro atoms. The van der Waals surface area contributed by atoms with Crippen LogP contribution in [0.1, 0.15) is 73.0 Å². The summed E-state index contributed by atoms with van der Waals surface area (Å²) in [4.78, 5) is 22.3. The number of carboxylic acid groups (broad SMARTS) is 1. The molecular formula is C14H20O4. The van der Waals surface area contributed by atoms with Gasteiger partial charge in [-0.2, -0.15) is 0 Å². The van der Waals surface area contributed by atoms with Crippen molar-refractivity contribution >= 4 is 11.8 Å². The Morgan fingerprint density at radius 1 is 1.06 bits per heavy atom. The number of hydrogen-bond donors (Lipinski definition) is 1. The molecular weight excluding hydrogens is 232 g/mol. The molecule has 4 nitrogen and oxygen atoms in total. The first-order valence-electron chi connectivity index (χ1n) is 6.51. The molecule has 0 unspecified atom stereocenters. The summed E-state index contributed by atoms with van der Waals surface area (Å²) in [5, 5.41) is 8.67. The molecule has 0 aliphatic carbocycles. The SMILES string of the molecule is CCCCCCCCC(=O)c1ccc(C(=O)O)o1. The van der Waals surface area contributed by atoms with E-state index >= 15 is 0 Å². The summed E-state index contributed by atoms with van der Waals surface area (Å²) >= 11 is 0. The molecule has 1 aromatic heterocycles. The quantitative estimate of drug-likeness (QED) is 0.534. The van der Waals surface area contributed by atoms with Gasteiger partial charge in [-0.15, -0.1) is 0 Å². The Kier molecular flexibility index (Phi) is 6.19. The number of aromatic carboxylic acids is 1. The van der Waals surface area contributed by atoms with Crippen molar-refractivity contribution in [2.45, 2.75) is 51.9 Å². The topological polar surface area (TPSA) is 67.5 Å². The van der Waals surface area contributed by atoms with Crippen LogP contribution in [0.4, 0.5) is 0 Å². The second-order valence-electron chi connectivity index (χ2n) is 4.41. The van der Waals surface area contributed by atoms with E-state index in [4.69, 9.17) is 9.52 Å². The number of rotatable bonds is 9. The minimum Gasteiger partial charge on any atom is -0.475 e. The lowest BCUT2D eigenvalue weighted by molar-refractivity contribution is 0.0660. The number of hydrogen-bond acceptors (Lipinski definition) is 3. The van der Waals surface area contributed by atoms with Crippen LogP contribution < -0.4 is 0 Å². The maximum Gasteiger partial charge on any atom is 0.371 e. The van der Waals surface area contributed by atoms with Gasteiger partial charge in [0.15, 0.2) is 11.5 Å². The third-order valence-electron chi connectivity index (χ3n) is 2.85. The van der Waals surface area contributed by atoms with Crippen LogP contribution in [-0.2, 0) is 0 Å². The molecule has 100 valence electrons. The van der Waals surface area contributed by atoms with Gasteiger partial charge in [-0.25, -0.2) is 4.79 Å². The van der Waals surface area contributed by atoms with Crippen molar-refractivity contribution in [3.05, 3.63) is 23.7 Å². The van der Waals surface area contributed by atoms with Crippen LogP contribution >= 0.6 is 0 Å². The van der Waals surface area contributed by atoms with Gasteiger partial charge in [-0.05, 0) is 18.6 Å². The minimum atomic E-state index is -1.14. The molecule has 0 aromatic carbocycles. The van der Waals surface area contributed by atoms with E-state index in [-0.39, 0.29) is 17.3 Å². The van der Waals surface area contributed by atoms with Crippen LogP contribution in [0.15, 0.2) is 16.5 Å². The number of furan rings is 1. The Hall–Kier alpha value is -1.58. The molecule has 0 atom stereocenters. The highest BCUT2D eigenvalue weighted by atomic mass is 16.4. The van der Waals surface area contributed by atoms with Gasteiger partial charge in [0, 0.05) is 6.42 Å². The van der Waals surface area contributed by atoms with Crippen molar-refractivity contribution in [3.8, 4) is 0 Å². The molecule has 0 saturated heterocycles. The average molecular weight is 252 g/mol. The zero-order valence-corrected chi connectivity index (χ0v) is 10.8. The summed E-state index contributed by atoms with van der Waals surface area (Å²) < 4.78 is 4.95. The maximum absolute atomic E-state index is 11.7. The molecule has 0 fully saturated rings. The molecule has 1 rings (SSSR count). The Morgan fingerprint density at radius 2 is 1.67 bits per heavy atom. The van der Waals surface area contributed by atoms with Crippen molar-refractivity contribution in [3.63, 3.8) is 0 Å². The Balaban J connectivity index is 2.25. The summed E-state index contributed by atoms with van der Waals surface area (Å²) in [6.45, 7) is 2.17. The average Bonchev–Trinajstić information content (AvgIpc) is 2.83. The second kappa shape index (κ2) is 7.69. The Morgan fingerprint density at radius 3 is 2.28 bits per heavy atom. The minimum absolute atomic E-state index is 0.113. The van der Waals surface area contributed by atoms with Crippen LogP contribution in [0, 0.1) is 0 Å². The summed E-state index contributed by atoms with van der Waals surface area (Å²) in [6.07, 6.45) is 7.13. The lowest BCUT2D eigenvalue weighted by Crippen LogP contribution is -1.98. The molecule has 0 aliphatic rings. The van der Waals surface area contributed by atoms with Crippen molar-refractivity contribution in [1.29, 1.82) is 0 Å². The van der Waals surface area contributed by atoms with E-state index in [1.165, 1.54) is 31.4 Å². The highest BCUT2D eigenvalue weighted by molar-refractivity contribution is 5.95. The monoisotopic (exact) mass is 252 g/mol. The molecule has 0 radical (unpaired) electrons. The van der Waals surface area contributed by atoms with Gasteiger partial charge < -0.3 is 9.52 Å². The summed E-state index contributed by atoms with van der Waals surface area (Å²) in [5.74, 6) is -1.28. The largest absolute Gasteiger partial charge is 0.475 e. The van der Waals surface area contributed by atoms with Crippen LogP contribution in [0.5, 0.6) is 0 Å². The van der Waals surface area contributed by atoms with Crippen LogP contribution in [0.2, 0.25) is 0 Å². The van der Waals surface area contributed by atoms with E-state index in [0.717, 1.165) is 19.3 Å². The number of ketones is 1. The van der Waals surface area contributed by atoms with E-state index in [0.29, 0.717) is 6.42 Å². The van der Waals surface area contributed by atoms with E-state index in [1.807, 2.05) is 0 Å². The van der Waals surface area contributed by atoms with Gasteiger partial charge in [0.25, 0.3) is 0 Å². The summed E-state index contributed by atoms with van der Waals surface area (Å²) in [5.41, 5.74) is 0. The smallest absolute Gasteiger partial charge is 0.371 e. The lowest BCUT2D eigenvalue weighted by atomic mass is 10.1. The van der Waals surface area contributed by atoms with E-state index < -0.39 is 5.97 Å². The maximum atomic E-state index is 11.7. The first kappa shape index (κ1) is 14.5. The van der Waals surface area contributed by atoms with Crippen molar-refractivity contribution in [2.24, 2.45) is 0 Å². The third-order valence-corrected chi connectivity index (χ3v) is 2.85. The fourth-order valence-corrected chi connectivity index (χ4v) is 1.79. The van der Waals surface area contributed by atoms with Crippen molar-refractivity contribution < 1.29 is 19.1 Å². The fraction of sp³-hybridized carbons (Fsp3) is 0.571. The number of unbranched alkanes of at least 4 members (excludes halogenated alkanes) is 5. The molecule has 0 saturated carbocycles. The highest BCUT2D eigenvalue weighted by Crippen LogP contribution is 2.13. The number of carbonyl (C=O) groups is 2. The number of carbonyl (C=O) groups excluding carboxylic acids is 1. The zero-order chi connectivity index (χ0) is 13.4. The molecule has 18 heavy (non-hydrogen) atoms. The Bertz CT molecular complexity index is 392. The molecule has 0 aliphatic heterocycles. The fourth-order valence-electron chi connectivity index (χ4n) is 1.79. The summed E-state index contributed by atoms with van der Waals surface area (Å²) in [6, 6.07) is 2.75.